The third-order valence-corrected chi connectivity index (χ3v) is 4.11. The van der Waals surface area contributed by atoms with Crippen molar-refractivity contribution in [3.05, 3.63) is 0 Å². The van der Waals surface area contributed by atoms with Crippen LogP contribution in [0, 0.1) is 0 Å². The molecule has 1 unspecified atom stereocenters. The monoisotopic (exact) mass is 220 g/mol. The summed E-state index contributed by atoms with van der Waals surface area (Å²) >= 11 is 0. The van der Waals surface area contributed by atoms with E-state index in [2.05, 4.69) is 6.92 Å². The van der Waals surface area contributed by atoms with Gasteiger partial charge in [0.15, 0.2) is 0 Å². The highest BCUT2D eigenvalue weighted by Crippen LogP contribution is 2.45. The number of rotatable bonds is 6. The molecular weight excluding hydrogens is 199 g/mol. The quantitative estimate of drug-likeness (QED) is 0.510. The van der Waals surface area contributed by atoms with Gasteiger partial charge in [0, 0.05) is 0 Å². The van der Waals surface area contributed by atoms with Crippen molar-refractivity contribution in [2.24, 2.45) is 0 Å². The van der Waals surface area contributed by atoms with E-state index >= 15 is 0 Å². The van der Waals surface area contributed by atoms with Crippen molar-refractivity contribution >= 4 is 13.1 Å². The number of ether oxygens (including phenoxy) is 1. The fourth-order valence-electron chi connectivity index (χ4n) is 1.32. The summed E-state index contributed by atoms with van der Waals surface area (Å²) in [6.45, 7) is 7.50. The van der Waals surface area contributed by atoms with Gasteiger partial charge < -0.3 is 9.30 Å². The molecule has 84 valence electrons. The zero-order valence-corrected chi connectivity index (χ0v) is 10.5. The van der Waals surface area contributed by atoms with Crippen molar-refractivity contribution < 1.29 is 14.1 Å². The Labute approximate surface area is 86.6 Å². The van der Waals surface area contributed by atoms with Crippen molar-refractivity contribution in [2.75, 3.05) is 19.9 Å². The first-order chi connectivity index (χ1) is 6.43. The van der Waals surface area contributed by atoms with Crippen LogP contribution >= 0.6 is 7.14 Å². The van der Waals surface area contributed by atoms with Gasteiger partial charge in [-0.2, -0.15) is 0 Å². The largest absolute Gasteiger partial charge is 0.465 e. The molecule has 0 aromatic rings. The normalized spacial score (nSPS) is 13.7. The molecule has 1 atom stereocenters. The van der Waals surface area contributed by atoms with Crippen LogP contribution in [0.1, 0.15) is 33.1 Å². The maximum atomic E-state index is 11.8. The molecule has 0 saturated carbocycles. The number of hydrogen-bond acceptors (Lipinski definition) is 3. The van der Waals surface area contributed by atoms with E-state index in [9.17, 15) is 9.36 Å². The Hall–Kier alpha value is -0.300. The van der Waals surface area contributed by atoms with E-state index in [0.29, 0.717) is 13.0 Å². The Balaban J connectivity index is 4.39. The van der Waals surface area contributed by atoms with E-state index in [4.69, 9.17) is 4.74 Å². The second kappa shape index (κ2) is 6.23. The lowest BCUT2D eigenvalue weighted by Crippen LogP contribution is -2.23. The number of esters is 1. The molecule has 3 nitrogen and oxygen atoms in total. The summed E-state index contributed by atoms with van der Waals surface area (Å²) in [6.07, 6.45) is 2.62. The van der Waals surface area contributed by atoms with Gasteiger partial charge in [0.05, 0.1) is 13.7 Å². The second-order valence-corrected chi connectivity index (χ2v) is 7.34. The smallest absolute Gasteiger partial charge is 0.316 e. The first kappa shape index (κ1) is 13.7. The maximum Gasteiger partial charge on any atom is 0.316 e. The lowest BCUT2D eigenvalue weighted by Gasteiger charge is -2.19. The Morgan fingerprint density at radius 3 is 2.29 bits per heavy atom. The van der Waals surface area contributed by atoms with Crippen LogP contribution in [-0.2, 0) is 14.1 Å². The van der Waals surface area contributed by atoms with Crippen LogP contribution in [0.4, 0.5) is 0 Å². The highest BCUT2D eigenvalue weighted by molar-refractivity contribution is 7.64. The van der Waals surface area contributed by atoms with Crippen LogP contribution in [0.15, 0.2) is 0 Å². The Morgan fingerprint density at radius 2 is 1.93 bits per heavy atom. The van der Waals surface area contributed by atoms with Gasteiger partial charge in [-0.15, -0.1) is 0 Å². The van der Waals surface area contributed by atoms with Crippen LogP contribution in [0.5, 0.6) is 0 Å². The predicted molar refractivity (Wildman–Crippen MR) is 59.4 cm³/mol. The molecule has 0 aromatic carbocycles. The molecule has 4 heteroatoms. The third kappa shape index (κ3) is 4.80. The fraction of sp³-hybridized carbons (Fsp3) is 0.900. The van der Waals surface area contributed by atoms with Gasteiger partial charge in [-0.05, 0) is 26.7 Å². The topological polar surface area (TPSA) is 43.4 Å². The molecule has 0 aliphatic rings. The first-order valence-electron chi connectivity index (χ1n) is 5.14. The van der Waals surface area contributed by atoms with E-state index in [1.165, 1.54) is 0 Å². The minimum Gasteiger partial charge on any atom is -0.465 e. The van der Waals surface area contributed by atoms with E-state index in [0.717, 1.165) is 12.8 Å². The maximum absolute atomic E-state index is 11.8. The zero-order chi connectivity index (χ0) is 11.2. The average molecular weight is 220 g/mol. The average Bonchev–Trinajstić information content (AvgIpc) is 2.03. The minimum absolute atomic E-state index is 0.297. The van der Waals surface area contributed by atoms with Crippen LogP contribution in [0.3, 0.4) is 0 Å². The van der Waals surface area contributed by atoms with Crippen molar-refractivity contribution in [3.63, 3.8) is 0 Å². The molecule has 0 spiro atoms. The Morgan fingerprint density at radius 1 is 1.36 bits per heavy atom. The highest BCUT2D eigenvalue weighted by atomic mass is 31.2. The van der Waals surface area contributed by atoms with E-state index in [1.54, 1.807) is 20.3 Å². The van der Waals surface area contributed by atoms with Gasteiger partial charge >= 0.3 is 5.97 Å². The predicted octanol–water partition coefficient (Wildman–Crippen LogP) is 2.73. The van der Waals surface area contributed by atoms with Crippen LogP contribution in [-0.4, -0.2) is 31.6 Å². The van der Waals surface area contributed by atoms with Crippen molar-refractivity contribution in [3.8, 4) is 0 Å². The van der Waals surface area contributed by atoms with Crippen LogP contribution in [0.25, 0.3) is 0 Å². The van der Waals surface area contributed by atoms with Gasteiger partial charge in [-0.3, -0.25) is 4.79 Å². The standard InChI is InChI=1S/C10H21O3P/c1-5-7-8-9(14(3,4)12)10(11)13-6-2/h9H,5-8H2,1-4H3. The minimum atomic E-state index is -2.37. The summed E-state index contributed by atoms with van der Waals surface area (Å²) in [6, 6.07) is 0. The molecule has 0 N–H and O–H groups in total. The summed E-state index contributed by atoms with van der Waals surface area (Å²) < 4.78 is 16.8. The molecular formula is C10H21O3P. The number of hydrogen-bond donors (Lipinski definition) is 0. The molecule has 0 rings (SSSR count). The molecule has 14 heavy (non-hydrogen) atoms. The second-order valence-electron chi connectivity index (χ2n) is 3.84. The molecule has 0 fully saturated rings. The molecule has 0 aliphatic carbocycles. The SMILES string of the molecule is CCCCC(C(=O)OCC)P(C)(C)=O. The van der Waals surface area contributed by atoms with E-state index in [1.807, 2.05) is 0 Å². The molecule has 0 aliphatic heterocycles. The number of unbranched alkanes of at least 4 members (excludes halogenated alkanes) is 1. The molecule has 0 heterocycles. The third-order valence-electron chi connectivity index (χ3n) is 2.14. The lowest BCUT2D eigenvalue weighted by atomic mass is 10.2. The van der Waals surface area contributed by atoms with Gasteiger partial charge in [-0.25, -0.2) is 0 Å². The van der Waals surface area contributed by atoms with E-state index < -0.39 is 12.8 Å². The summed E-state index contributed by atoms with van der Waals surface area (Å²) in [7, 11) is -2.37. The van der Waals surface area contributed by atoms with Gasteiger partial charge in [-0.1, -0.05) is 19.8 Å². The van der Waals surface area contributed by atoms with Gasteiger partial charge in [0.1, 0.15) is 5.66 Å². The Bertz CT molecular complexity index is 219. The van der Waals surface area contributed by atoms with Gasteiger partial charge in [0.25, 0.3) is 0 Å². The molecule has 0 saturated heterocycles. The Kier molecular flexibility index (Phi) is 6.10. The van der Waals surface area contributed by atoms with Crippen molar-refractivity contribution in [2.45, 2.75) is 38.8 Å². The van der Waals surface area contributed by atoms with Crippen LogP contribution < -0.4 is 0 Å². The molecule has 0 radical (unpaired) electrons. The van der Waals surface area contributed by atoms with Crippen molar-refractivity contribution in [1.82, 2.24) is 0 Å². The summed E-state index contributed by atoms with van der Waals surface area (Å²) in [5.74, 6) is -0.297. The van der Waals surface area contributed by atoms with Gasteiger partial charge in [0.2, 0.25) is 0 Å². The molecule has 0 aromatic heterocycles. The fourth-order valence-corrected chi connectivity index (χ4v) is 2.71. The lowest BCUT2D eigenvalue weighted by molar-refractivity contribution is -0.142. The first-order valence-corrected chi connectivity index (χ1v) is 7.81. The number of carbonyl (C=O) groups is 1. The summed E-state index contributed by atoms with van der Waals surface area (Å²) in [5, 5.41) is 0. The number of carbonyl (C=O) groups excluding carboxylic acids is 1. The van der Waals surface area contributed by atoms with E-state index in [-0.39, 0.29) is 5.97 Å². The highest BCUT2D eigenvalue weighted by Gasteiger charge is 2.30. The summed E-state index contributed by atoms with van der Waals surface area (Å²) in [5.41, 5.74) is -0.401. The zero-order valence-electron chi connectivity index (χ0n) is 9.58. The molecule has 0 amide bonds. The van der Waals surface area contributed by atoms with Crippen LogP contribution in [0.2, 0.25) is 0 Å². The van der Waals surface area contributed by atoms with Crippen molar-refractivity contribution in [1.29, 1.82) is 0 Å². The summed E-state index contributed by atoms with van der Waals surface area (Å²) in [4.78, 5) is 11.5. The molecule has 0 bridgehead atoms.